The SMILES string of the molecule is COc1ccc(CNC(=O)CN(Cc2ccccc2F)C2CC2)cc1OC. The van der Waals surface area contributed by atoms with Gasteiger partial charge in [-0.25, -0.2) is 4.39 Å². The van der Waals surface area contributed by atoms with Crippen molar-refractivity contribution < 1.29 is 18.7 Å². The molecule has 0 heterocycles. The van der Waals surface area contributed by atoms with Crippen molar-refractivity contribution >= 4 is 5.91 Å². The summed E-state index contributed by atoms with van der Waals surface area (Å²) in [4.78, 5) is 14.5. The highest BCUT2D eigenvalue weighted by molar-refractivity contribution is 5.78. The van der Waals surface area contributed by atoms with E-state index in [-0.39, 0.29) is 18.3 Å². The van der Waals surface area contributed by atoms with Crippen molar-refractivity contribution in [2.24, 2.45) is 0 Å². The Balaban J connectivity index is 1.56. The van der Waals surface area contributed by atoms with Gasteiger partial charge in [0, 0.05) is 24.7 Å². The fourth-order valence-electron chi connectivity index (χ4n) is 3.03. The van der Waals surface area contributed by atoms with Gasteiger partial charge in [-0.05, 0) is 36.6 Å². The Morgan fingerprint density at radius 1 is 1.15 bits per heavy atom. The average Bonchev–Trinajstić information content (AvgIpc) is 3.52. The van der Waals surface area contributed by atoms with Gasteiger partial charge in [0.05, 0.1) is 20.8 Å². The topological polar surface area (TPSA) is 50.8 Å². The van der Waals surface area contributed by atoms with Gasteiger partial charge in [0.1, 0.15) is 5.82 Å². The van der Waals surface area contributed by atoms with E-state index in [0.717, 1.165) is 18.4 Å². The zero-order valence-corrected chi connectivity index (χ0v) is 15.7. The summed E-state index contributed by atoms with van der Waals surface area (Å²) in [6.07, 6.45) is 2.11. The predicted molar refractivity (Wildman–Crippen MR) is 101 cm³/mol. The van der Waals surface area contributed by atoms with Gasteiger partial charge < -0.3 is 14.8 Å². The minimum absolute atomic E-state index is 0.0759. The maximum Gasteiger partial charge on any atom is 0.234 e. The van der Waals surface area contributed by atoms with Crippen molar-refractivity contribution in [1.29, 1.82) is 0 Å². The monoisotopic (exact) mass is 372 g/mol. The highest BCUT2D eigenvalue weighted by Crippen LogP contribution is 2.29. The summed E-state index contributed by atoms with van der Waals surface area (Å²) in [7, 11) is 3.16. The van der Waals surface area contributed by atoms with Crippen LogP contribution in [0.4, 0.5) is 4.39 Å². The molecule has 2 aromatic rings. The molecule has 6 heteroatoms. The van der Waals surface area contributed by atoms with Gasteiger partial charge in [0.25, 0.3) is 0 Å². The summed E-state index contributed by atoms with van der Waals surface area (Å²) in [5.41, 5.74) is 1.55. The number of halogens is 1. The summed E-state index contributed by atoms with van der Waals surface area (Å²) >= 11 is 0. The lowest BCUT2D eigenvalue weighted by Crippen LogP contribution is -2.38. The first-order valence-corrected chi connectivity index (χ1v) is 9.05. The van der Waals surface area contributed by atoms with Gasteiger partial charge in [-0.3, -0.25) is 9.69 Å². The highest BCUT2D eigenvalue weighted by Gasteiger charge is 2.30. The largest absolute Gasteiger partial charge is 0.493 e. The van der Waals surface area contributed by atoms with Crippen molar-refractivity contribution in [3.63, 3.8) is 0 Å². The zero-order valence-electron chi connectivity index (χ0n) is 15.7. The minimum Gasteiger partial charge on any atom is -0.493 e. The summed E-state index contributed by atoms with van der Waals surface area (Å²) in [5.74, 6) is 0.975. The summed E-state index contributed by atoms with van der Waals surface area (Å²) in [6, 6.07) is 12.6. The van der Waals surface area contributed by atoms with Crippen molar-refractivity contribution in [2.45, 2.75) is 32.0 Å². The second-order valence-corrected chi connectivity index (χ2v) is 6.69. The van der Waals surface area contributed by atoms with Crippen LogP contribution < -0.4 is 14.8 Å². The van der Waals surface area contributed by atoms with E-state index >= 15 is 0 Å². The van der Waals surface area contributed by atoms with E-state index in [4.69, 9.17) is 9.47 Å². The third-order valence-electron chi connectivity index (χ3n) is 4.68. The first-order valence-electron chi connectivity index (χ1n) is 9.05. The van der Waals surface area contributed by atoms with Gasteiger partial charge in [-0.15, -0.1) is 0 Å². The van der Waals surface area contributed by atoms with Gasteiger partial charge in [-0.2, -0.15) is 0 Å². The fraction of sp³-hybridized carbons (Fsp3) is 0.381. The molecule has 0 bridgehead atoms. The average molecular weight is 372 g/mol. The summed E-state index contributed by atoms with van der Waals surface area (Å²) in [5, 5.41) is 2.93. The zero-order chi connectivity index (χ0) is 19.2. The van der Waals surface area contributed by atoms with Crippen molar-refractivity contribution in [3.05, 3.63) is 59.4 Å². The molecule has 0 saturated heterocycles. The van der Waals surface area contributed by atoms with Crippen molar-refractivity contribution in [2.75, 3.05) is 20.8 Å². The van der Waals surface area contributed by atoms with E-state index in [1.165, 1.54) is 6.07 Å². The first kappa shape index (κ1) is 19.2. The van der Waals surface area contributed by atoms with Crippen LogP contribution in [0.5, 0.6) is 11.5 Å². The molecule has 0 unspecified atom stereocenters. The lowest BCUT2D eigenvalue weighted by Gasteiger charge is -2.22. The molecule has 3 rings (SSSR count). The van der Waals surface area contributed by atoms with Crippen LogP contribution in [0.2, 0.25) is 0 Å². The molecule has 1 fully saturated rings. The molecule has 1 aliphatic carbocycles. The lowest BCUT2D eigenvalue weighted by atomic mass is 10.2. The normalized spacial score (nSPS) is 13.5. The number of benzene rings is 2. The third-order valence-corrected chi connectivity index (χ3v) is 4.68. The smallest absolute Gasteiger partial charge is 0.234 e. The van der Waals surface area contributed by atoms with Crippen LogP contribution in [0.1, 0.15) is 24.0 Å². The number of amides is 1. The van der Waals surface area contributed by atoms with E-state index in [1.54, 1.807) is 26.4 Å². The number of carbonyl (C=O) groups excluding carboxylic acids is 1. The van der Waals surface area contributed by atoms with Crippen molar-refractivity contribution in [3.8, 4) is 11.5 Å². The molecule has 0 spiro atoms. The Morgan fingerprint density at radius 2 is 1.89 bits per heavy atom. The van der Waals surface area contributed by atoms with Crippen LogP contribution in [-0.2, 0) is 17.9 Å². The van der Waals surface area contributed by atoms with Gasteiger partial charge in [0.15, 0.2) is 11.5 Å². The van der Waals surface area contributed by atoms with Crippen LogP contribution in [-0.4, -0.2) is 37.6 Å². The molecule has 2 aromatic carbocycles. The Kier molecular flexibility index (Phi) is 6.29. The molecule has 27 heavy (non-hydrogen) atoms. The summed E-state index contributed by atoms with van der Waals surface area (Å²) < 4.78 is 24.4. The number of rotatable bonds is 9. The lowest BCUT2D eigenvalue weighted by molar-refractivity contribution is -0.122. The molecule has 0 atom stereocenters. The second kappa shape index (κ2) is 8.86. The third kappa shape index (κ3) is 5.20. The van der Waals surface area contributed by atoms with Crippen LogP contribution in [0.3, 0.4) is 0 Å². The Bertz CT molecular complexity index is 793. The van der Waals surface area contributed by atoms with Crippen LogP contribution in [0.15, 0.2) is 42.5 Å². The molecule has 0 aromatic heterocycles. The Hall–Kier alpha value is -2.60. The number of hydrogen-bond acceptors (Lipinski definition) is 4. The van der Waals surface area contributed by atoms with E-state index in [2.05, 4.69) is 5.32 Å². The minimum atomic E-state index is -0.228. The number of nitrogens with one attached hydrogen (secondary N) is 1. The number of methoxy groups -OCH3 is 2. The molecule has 1 saturated carbocycles. The van der Waals surface area contributed by atoms with Crippen molar-refractivity contribution in [1.82, 2.24) is 10.2 Å². The first-order chi connectivity index (χ1) is 13.1. The number of hydrogen-bond donors (Lipinski definition) is 1. The molecule has 1 amide bonds. The van der Waals surface area contributed by atoms with Gasteiger partial charge >= 0.3 is 0 Å². The van der Waals surface area contributed by atoms with E-state index in [9.17, 15) is 9.18 Å². The Labute approximate surface area is 159 Å². The quantitative estimate of drug-likeness (QED) is 0.735. The number of ether oxygens (including phenoxy) is 2. The maximum absolute atomic E-state index is 13.9. The molecular formula is C21H25FN2O3. The molecule has 144 valence electrons. The molecule has 5 nitrogen and oxygen atoms in total. The van der Waals surface area contributed by atoms with Gasteiger partial charge in [0.2, 0.25) is 5.91 Å². The van der Waals surface area contributed by atoms with Gasteiger partial charge in [-0.1, -0.05) is 24.3 Å². The number of carbonyl (C=O) groups is 1. The Morgan fingerprint density at radius 3 is 2.56 bits per heavy atom. The highest BCUT2D eigenvalue weighted by atomic mass is 19.1. The molecule has 0 radical (unpaired) electrons. The van der Waals surface area contributed by atoms with Crippen LogP contribution in [0.25, 0.3) is 0 Å². The van der Waals surface area contributed by atoms with Crippen LogP contribution in [0, 0.1) is 5.82 Å². The molecular weight excluding hydrogens is 347 g/mol. The van der Waals surface area contributed by atoms with E-state index in [0.29, 0.717) is 36.2 Å². The molecule has 1 aliphatic rings. The number of nitrogens with zero attached hydrogens (tertiary/aromatic N) is 1. The van der Waals surface area contributed by atoms with E-state index in [1.807, 2.05) is 29.2 Å². The maximum atomic E-state index is 13.9. The molecule has 0 aliphatic heterocycles. The summed E-state index contributed by atoms with van der Waals surface area (Å²) in [6.45, 7) is 1.10. The fourth-order valence-corrected chi connectivity index (χ4v) is 3.03. The van der Waals surface area contributed by atoms with E-state index < -0.39 is 0 Å². The predicted octanol–water partition coefficient (Wildman–Crippen LogP) is 3.12. The second-order valence-electron chi connectivity index (χ2n) is 6.69. The molecule has 1 N–H and O–H groups in total. The standard InChI is InChI=1S/C21H25FN2O3/c1-26-19-10-7-15(11-20(19)27-2)12-23-21(25)14-24(17-8-9-17)13-16-5-3-4-6-18(16)22/h3-7,10-11,17H,8-9,12-14H2,1-2H3,(H,23,25). The van der Waals surface area contributed by atoms with Crippen LogP contribution >= 0.6 is 0 Å².